The number of hydrogen-bond donors (Lipinski definition) is 2. The molecule has 0 saturated carbocycles. The second-order valence-electron chi connectivity index (χ2n) is 7.28. The Morgan fingerprint density at radius 3 is 2.61 bits per heavy atom. The molecule has 1 aliphatic carbocycles. The second kappa shape index (κ2) is 6.77. The molecule has 2 atom stereocenters. The molecule has 2 heterocycles. The van der Waals surface area contributed by atoms with Crippen molar-refractivity contribution in [2.24, 2.45) is 0 Å². The number of aromatic nitrogens is 2. The van der Waals surface area contributed by atoms with Crippen molar-refractivity contribution in [1.82, 2.24) is 15.3 Å². The van der Waals surface area contributed by atoms with E-state index in [9.17, 15) is 21.6 Å². The lowest BCUT2D eigenvalue weighted by atomic mass is 10.0. The standard InChI is InChI=1S/C18H20F3N3O3S/c1-10-5-7-14(23-10)17-22-9-15(24-17)12-6-8-16(13-4-2-3-11(12)13)27-28(25,26)18(19,20)21/h6,8-10,14,23H,2-5,7H2,1H3,(H,22,24)/t10-,14-/m0/s1. The minimum atomic E-state index is -5.69. The van der Waals surface area contributed by atoms with E-state index in [-0.39, 0.29) is 11.8 Å². The van der Waals surface area contributed by atoms with Crippen LogP contribution in [0.25, 0.3) is 11.3 Å². The summed E-state index contributed by atoms with van der Waals surface area (Å²) in [5.74, 6) is 0.575. The molecule has 0 spiro atoms. The quantitative estimate of drug-likeness (QED) is 0.589. The van der Waals surface area contributed by atoms with Crippen LogP contribution >= 0.6 is 0 Å². The molecule has 0 unspecified atom stereocenters. The van der Waals surface area contributed by atoms with Crippen molar-refractivity contribution in [1.29, 1.82) is 0 Å². The fraction of sp³-hybridized carbons (Fsp3) is 0.500. The number of imidazole rings is 1. The summed E-state index contributed by atoms with van der Waals surface area (Å²) >= 11 is 0. The average molecular weight is 415 g/mol. The average Bonchev–Trinajstić information content (AvgIpc) is 3.33. The lowest BCUT2D eigenvalue weighted by molar-refractivity contribution is -0.0500. The van der Waals surface area contributed by atoms with E-state index in [1.807, 2.05) is 0 Å². The molecule has 1 aromatic carbocycles. The van der Waals surface area contributed by atoms with Gasteiger partial charge in [-0.25, -0.2) is 4.98 Å². The van der Waals surface area contributed by atoms with E-state index in [2.05, 4.69) is 26.4 Å². The molecule has 2 aliphatic rings. The molecule has 0 radical (unpaired) electrons. The van der Waals surface area contributed by atoms with Crippen molar-refractivity contribution in [2.75, 3.05) is 0 Å². The number of hydrogen-bond acceptors (Lipinski definition) is 5. The van der Waals surface area contributed by atoms with Crippen LogP contribution in [0.2, 0.25) is 0 Å². The second-order valence-corrected chi connectivity index (χ2v) is 8.82. The fourth-order valence-electron chi connectivity index (χ4n) is 3.96. The highest BCUT2D eigenvalue weighted by Gasteiger charge is 2.49. The number of H-pyrrole nitrogens is 1. The molecule has 6 nitrogen and oxygen atoms in total. The molecule has 152 valence electrons. The molecule has 1 fully saturated rings. The Bertz CT molecular complexity index is 1000. The number of aromatic amines is 1. The first kappa shape index (κ1) is 19.3. The maximum absolute atomic E-state index is 12.7. The summed E-state index contributed by atoms with van der Waals surface area (Å²) in [6, 6.07) is 3.46. The van der Waals surface area contributed by atoms with E-state index in [4.69, 9.17) is 0 Å². The molecule has 0 amide bonds. The van der Waals surface area contributed by atoms with Crippen LogP contribution in [0.5, 0.6) is 5.75 Å². The predicted octanol–water partition coefficient (Wildman–Crippen LogP) is 3.61. The predicted molar refractivity (Wildman–Crippen MR) is 96.2 cm³/mol. The molecule has 2 N–H and O–H groups in total. The molecule has 2 aromatic rings. The number of rotatable bonds is 4. The Labute approximate surface area is 160 Å². The number of halogens is 3. The molecule has 10 heteroatoms. The molecule has 1 aromatic heterocycles. The van der Waals surface area contributed by atoms with E-state index < -0.39 is 15.6 Å². The summed E-state index contributed by atoms with van der Waals surface area (Å²) < 4.78 is 65.2. The minimum absolute atomic E-state index is 0.149. The minimum Gasteiger partial charge on any atom is -0.376 e. The van der Waals surface area contributed by atoms with Crippen LogP contribution in [0.1, 0.15) is 49.2 Å². The Morgan fingerprint density at radius 2 is 1.93 bits per heavy atom. The lowest BCUT2D eigenvalue weighted by Crippen LogP contribution is -2.28. The van der Waals surface area contributed by atoms with Gasteiger partial charge in [0.15, 0.2) is 0 Å². The Balaban J connectivity index is 1.66. The summed E-state index contributed by atoms with van der Waals surface area (Å²) in [7, 11) is -5.69. The van der Waals surface area contributed by atoms with Gasteiger partial charge in [-0.05, 0) is 62.3 Å². The van der Waals surface area contributed by atoms with E-state index in [1.54, 1.807) is 12.3 Å². The number of benzene rings is 1. The van der Waals surface area contributed by atoms with Crippen LogP contribution in [0.4, 0.5) is 13.2 Å². The monoisotopic (exact) mass is 415 g/mol. The van der Waals surface area contributed by atoms with Gasteiger partial charge in [0.2, 0.25) is 0 Å². The summed E-state index contributed by atoms with van der Waals surface area (Å²) in [5, 5.41) is 3.45. The lowest BCUT2D eigenvalue weighted by Gasteiger charge is -2.14. The highest BCUT2D eigenvalue weighted by atomic mass is 32.2. The zero-order chi connectivity index (χ0) is 20.1. The Kier molecular flexibility index (Phi) is 4.65. The van der Waals surface area contributed by atoms with Gasteiger partial charge in [0.05, 0.1) is 17.9 Å². The maximum Gasteiger partial charge on any atom is 0.534 e. The van der Waals surface area contributed by atoms with Gasteiger partial charge in [-0.1, -0.05) is 0 Å². The van der Waals surface area contributed by atoms with Crippen molar-refractivity contribution in [3.05, 3.63) is 35.3 Å². The third-order valence-electron chi connectivity index (χ3n) is 5.31. The first-order valence-electron chi connectivity index (χ1n) is 9.12. The number of fused-ring (bicyclic) bond motifs is 1. The van der Waals surface area contributed by atoms with Crippen LogP contribution in [0.3, 0.4) is 0 Å². The number of alkyl halides is 3. The molecule has 1 aliphatic heterocycles. The zero-order valence-electron chi connectivity index (χ0n) is 15.1. The number of nitrogens with zero attached hydrogens (tertiary/aromatic N) is 1. The number of nitrogens with one attached hydrogen (secondary N) is 2. The van der Waals surface area contributed by atoms with Crippen LogP contribution < -0.4 is 9.50 Å². The summed E-state index contributed by atoms with van der Waals surface area (Å²) in [6.07, 6.45) is 5.58. The first-order valence-corrected chi connectivity index (χ1v) is 10.5. The normalized spacial score (nSPS) is 22.4. The van der Waals surface area contributed by atoms with Crippen molar-refractivity contribution in [3.8, 4) is 17.0 Å². The highest BCUT2D eigenvalue weighted by molar-refractivity contribution is 7.88. The SMILES string of the molecule is C[C@H]1CC[C@@H](c2ncc(-c3ccc(OS(=O)(=O)C(F)(F)F)c4c3CCC4)[nH]2)N1. The van der Waals surface area contributed by atoms with Crippen molar-refractivity contribution in [2.45, 2.75) is 56.6 Å². The zero-order valence-corrected chi connectivity index (χ0v) is 16.0. The van der Waals surface area contributed by atoms with Crippen LogP contribution in [-0.2, 0) is 23.0 Å². The van der Waals surface area contributed by atoms with Gasteiger partial charge in [-0.15, -0.1) is 0 Å². The Morgan fingerprint density at radius 1 is 1.18 bits per heavy atom. The molecular formula is C18H20F3N3O3S. The van der Waals surface area contributed by atoms with Crippen LogP contribution in [0, 0.1) is 0 Å². The smallest absolute Gasteiger partial charge is 0.376 e. The fourth-order valence-corrected chi connectivity index (χ4v) is 4.45. The van der Waals surface area contributed by atoms with Crippen LogP contribution in [-0.4, -0.2) is 29.9 Å². The topological polar surface area (TPSA) is 84.1 Å². The van der Waals surface area contributed by atoms with Crippen molar-refractivity contribution in [3.63, 3.8) is 0 Å². The van der Waals surface area contributed by atoms with Gasteiger partial charge in [0, 0.05) is 11.6 Å². The van der Waals surface area contributed by atoms with Crippen LogP contribution in [0.15, 0.2) is 18.3 Å². The third kappa shape index (κ3) is 3.39. The van der Waals surface area contributed by atoms with E-state index in [0.717, 1.165) is 41.9 Å². The van der Waals surface area contributed by atoms with Crippen molar-refractivity contribution < 1.29 is 25.8 Å². The van der Waals surface area contributed by atoms with E-state index >= 15 is 0 Å². The van der Waals surface area contributed by atoms with Crippen molar-refractivity contribution >= 4 is 10.1 Å². The molecule has 28 heavy (non-hydrogen) atoms. The summed E-state index contributed by atoms with van der Waals surface area (Å²) in [6.45, 7) is 2.12. The summed E-state index contributed by atoms with van der Waals surface area (Å²) in [5.41, 5.74) is -2.57. The van der Waals surface area contributed by atoms with Gasteiger partial charge in [0.1, 0.15) is 11.6 Å². The molecule has 4 rings (SSSR count). The largest absolute Gasteiger partial charge is 0.534 e. The maximum atomic E-state index is 12.7. The molecule has 0 bridgehead atoms. The highest BCUT2D eigenvalue weighted by Crippen LogP contribution is 2.39. The van der Waals surface area contributed by atoms with E-state index in [0.29, 0.717) is 24.4 Å². The van der Waals surface area contributed by atoms with Gasteiger partial charge in [-0.3, -0.25) is 0 Å². The summed E-state index contributed by atoms with van der Waals surface area (Å²) in [4.78, 5) is 7.76. The Hall–Kier alpha value is -2.07. The first-order chi connectivity index (χ1) is 13.2. The van der Waals surface area contributed by atoms with Gasteiger partial charge >= 0.3 is 15.6 Å². The van der Waals surface area contributed by atoms with E-state index in [1.165, 1.54) is 6.07 Å². The molecular weight excluding hydrogens is 395 g/mol. The van der Waals surface area contributed by atoms with Gasteiger partial charge < -0.3 is 14.5 Å². The van der Waals surface area contributed by atoms with Gasteiger partial charge in [-0.2, -0.15) is 21.6 Å². The van der Waals surface area contributed by atoms with Gasteiger partial charge in [0.25, 0.3) is 0 Å². The molecule has 1 saturated heterocycles. The third-order valence-corrected chi connectivity index (χ3v) is 6.28.